The first kappa shape index (κ1) is 11.1. The number of hydrogen-bond donors (Lipinski definition) is 1. The van der Waals surface area contributed by atoms with Crippen LogP contribution in [0.5, 0.6) is 0 Å². The second-order valence-electron chi connectivity index (χ2n) is 2.87. The van der Waals surface area contributed by atoms with E-state index in [1.54, 1.807) is 0 Å². The van der Waals surface area contributed by atoms with Gasteiger partial charge in [0.05, 0.1) is 11.6 Å². The third-order valence-electron chi connectivity index (χ3n) is 1.63. The Balaban J connectivity index is 3.06. The van der Waals surface area contributed by atoms with Crippen LogP contribution in [0.25, 0.3) is 0 Å². The smallest absolute Gasteiger partial charge is 0.312 e. The van der Waals surface area contributed by atoms with Gasteiger partial charge in [0, 0.05) is 11.6 Å². The van der Waals surface area contributed by atoms with Gasteiger partial charge in [-0.3, -0.25) is 4.79 Å². The van der Waals surface area contributed by atoms with Crippen molar-refractivity contribution in [2.24, 2.45) is 0 Å². The summed E-state index contributed by atoms with van der Waals surface area (Å²) in [5.74, 6) is -1.79. The fourth-order valence-electron chi connectivity index (χ4n) is 0.765. The Hall–Kier alpha value is -0.950. The first-order chi connectivity index (χ1) is 6.32. The number of carbonyl (C=O) groups is 1. The highest BCUT2D eigenvalue weighted by molar-refractivity contribution is 7.92. The Morgan fingerprint density at radius 2 is 2.21 bits per heavy atom. The number of sulfone groups is 1. The summed E-state index contributed by atoms with van der Waals surface area (Å²) < 4.78 is 22.0. The number of carboxylic acids is 1. The van der Waals surface area contributed by atoms with E-state index in [9.17, 15) is 13.2 Å². The molecule has 0 fully saturated rings. The van der Waals surface area contributed by atoms with E-state index in [4.69, 9.17) is 5.11 Å². The lowest BCUT2D eigenvalue weighted by atomic mass is 10.1. The van der Waals surface area contributed by atoms with Crippen molar-refractivity contribution in [2.75, 3.05) is 6.26 Å². The van der Waals surface area contributed by atoms with Crippen LogP contribution < -0.4 is 0 Å². The van der Waals surface area contributed by atoms with Crippen molar-refractivity contribution in [3.63, 3.8) is 0 Å². The molecule has 0 aromatic carbocycles. The summed E-state index contributed by atoms with van der Waals surface area (Å²) in [5, 5.41) is 10.1. The molecule has 0 spiro atoms. The largest absolute Gasteiger partial charge is 0.481 e. The molecule has 0 amide bonds. The maximum Gasteiger partial charge on any atom is 0.312 e. The molecule has 1 heterocycles. The maximum absolute atomic E-state index is 11.0. The number of nitrogens with zero attached hydrogens (tertiary/aromatic N) is 1. The molecule has 1 aromatic heterocycles. The molecular formula is C7H9NO4S2. The zero-order valence-corrected chi connectivity index (χ0v) is 9.22. The van der Waals surface area contributed by atoms with Gasteiger partial charge >= 0.3 is 5.97 Å². The highest BCUT2D eigenvalue weighted by atomic mass is 32.2. The van der Waals surface area contributed by atoms with Crippen molar-refractivity contribution in [1.82, 2.24) is 4.98 Å². The molecule has 1 N–H and O–H groups in total. The van der Waals surface area contributed by atoms with Crippen LogP contribution in [-0.2, 0) is 14.6 Å². The van der Waals surface area contributed by atoms with Crippen LogP contribution in [0.15, 0.2) is 9.72 Å². The Morgan fingerprint density at radius 1 is 1.64 bits per heavy atom. The van der Waals surface area contributed by atoms with Gasteiger partial charge in [-0.1, -0.05) is 0 Å². The molecule has 1 aromatic rings. The van der Waals surface area contributed by atoms with Crippen molar-refractivity contribution in [3.05, 3.63) is 11.1 Å². The van der Waals surface area contributed by atoms with E-state index < -0.39 is 21.7 Å². The predicted molar refractivity (Wildman–Crippen MR) is 51.3 cm³/mol. The lowest BCUT2D eigenvalue weighted by Gasteiger charge is -1.99. The third-order valence-corrected chi connectivity index (χ3v) is 4.21. The van der Waals surface area contributed by atoms with Crippen LogP contribution in [0.2, 0.25) is 0 Å². The van der Waals surface area contributed by atoms with Gasteiger partial charge in [-0.05, 0) is 6.92 Å². The molecule has 7 heteroatoms. The minimum absolute atomic E-state index is 0.0411. The van der Waals surface area contributed by atoms with E-state index in [2.05, 4.69) is 4.98 Å². The highest BCUT2D eigenvalue weighted by Gasteiger charge is 2.20. The molecule has 0 saturated heterocycles. The van der Waals surface area contributed by atoms with Crippen LogP contribution in [0.4, 0.5) is 0 Å². The highest BCUT2D eigenvalue weighted by Crippen LogP contribution is 2.21. The Bertz CT molecular complexity index is 448. The number of hydrogen-bond acceptors (Lipinski definition) is 5. The molecule has 1 atom stereocenters. The van der Waals surface area contributed by atoms with Gasteiger partial charge in [-0.25, -0.2) is 13.4 Å². The van der Waals surface area contributed by atoms with Gasteiger partial charge in [-0.15, -0.1) is 11.3 Å². The molecule has 0 aliphatic rings. The SMILES string of the molecule is CC(C(=O)O)c1csc(S(C)(=O)=O)n1. The zero-order valence-electron chi connectivity index (χ0n) is 7.59. The summed E-state index contributed by atoms with van der Waals surface area (Å²) in [6.45, 7) is 1.46. The molecule has 0 saturated carbocycles. The first-order valence-corrected chi connectivity index (χ1v) is 6.47. The normalized spacial score (nSPS) is 13.9. The fraction of sp³-hybridized carbons (Fsp3) is 0.429. The second kappa shape index (κ2) is 3.66. The monoisotopic (exact) mass is 235 g/mol. The Labute approximate surface area is 85.3 Å². The minimum Gasteiger partial charge on any atom is -0.481 e. The van der Waals surface area contributed by atoms with Crippen LogP contribution in [-0.4, -0.2) is 30.7 Å². The van der Waals surface area contributed by atoms with E-state index >= 15 is 0 Å². The van der Waals surface area contributed by atoms with E-state index in [0.29, 0.717) is 0 Å². The van der Waals surface area contributed by atoms with E-state index in [1.165, 1.54) is 12.3 Å². The molecule has 0 bridgehead atoms. The summed E-state index contributed by atoms with van der Waals surface area (Å²) in [7, 11) is -3.33. The molecule has 5 nitrogen and oxygen atoms in total. The molecule has 1 unspecified atom stereocenters. The molecule has 0 aliphatic carbocycles. The number of aromatic nitrogens is 1. The topological polar surface area (TPSA) is 84.3 Å². The van der Waals surface area contributed by atoms with Crippen LogP contribution in [0.1, 0.15) is 18.5 Å². The van der Waals surface area contributed by atoms with Gasteiger partial charge < -0.3 is 5.11 Å². The summed E-state index contributed by atoms with van der Waals surface area (Å²) in [5.41, 5.74) is 0.280. The van der Waals surface area contributed by atoms with E-state index in [1.807, 2.05) is 0 Å². The number of aliphatic carboxylic acids is 1. The van der Waals surface area contributed by atoms with Gasteiger partial charge in [0.15, 0.2) is 0 Å². The summed E-state index contributed by atoms with van der Waals surface area (Å²) in [6, 6.07) is 0. The second-order valence-corrected chi connectivity index (χ2v) is 5.92. The predicted octanol–water partition coefficient (Wildman–Crippen LogP) is 0.735. The van der Waals surface area contributed by atoms with Crippen molar-refractivity contribution in [1.29, 1.82) is 0 Å². The average molecular weight is 235 g/mol. The zero-order chi connectivity index (χ0) is 10.9. The lowest BCUT2D eigenvalue weighted by Crippen LogP contribution is -2.08. The molecule has 78 valence electrons. The number of carboxylic acid groups (broad SMARTS) is 1. The summed E-state index contributed by atoms with van der Waals surface area (Å²) in [4.78, 5) is 14.3. The van der Waals surface area contributed by atoms with Crippen LogP contribution >= 0.6 is 11.3 Å². The summed E-state index contributed by atoms with van der Waals surface area (Å²) in [6.07, 6.45) is 1.04. The van der Waals surface area contributed by atoms with Crippen molar-refractivity contribution < 1.29 is 18.3 Å². The summed E-state index contributed by atoms with van der Waals surface area (Å²) >= 11 is 0.940. The van der Waals surface area contributed by atoms with Gasteiger partial charge in [0.25, 0.3) is 0 Å². The lowest BCUT2D eigenvalue weighted by molar-refractivity contribution is -0.138. The molecule has 0 radical (unpaired) electrons. The maximum atomic E-state index is 11.0. The third kappa shape index (κ3) is 2.30. The van der Waals surface area contributed by atoms with Crippen molar-refractivity contribution >= 4 is 27.1 Å². The molecular weight excluding hydrogens is 226 g/mol. The molecule has 14 heavy (non-hydrogen) atoms. The van der Waals surface area contributed by atoms with Crippen LogP contribution in [0, 0.1) is 0 Å². The minimum atomic E-state index is -3.33. The Kier molecular flexibility index (Phi) is 2.91. The quantitative estimate of drug-likeness (QED) is 0.835. The van der Waals surface area contributed by atoms with E-state index in [-0.39, 0.29) is 10.0 Å². The number of rotatable bonds is 3. The van der Waals surface area contributed by atoms with Crippen molar-refractivity contribution in [2.45, 2.75) is 17.2 Å². The molecule has 0 aliphatic heterocycles. The molecule has 1 rings (SSSR count). The Morgan fingerprint density at radius 3 is 2.57 bits per heavy atom. The van der Waals surface area contributed by atoms with Crippen LogP contribution in [0.3, 0.4) is 0 Å². The number of thiazole rings is 1. The average Bonchev–Trinajstić information content (AvgIpc) is 2.49. The first-order valence-electron chi connectivity index (χ1n) is 3.70. The fourth-order valence-corrected chi connectivity index (χ4v) is 2.52. The van der Waals surface area contributed by atoms with Crippen molar-refractivity contribution in [3.8, 4) is 0 Å². The van der Waals surface area contributed by atoms with E-state index in [0.717, 1.165) is 17.6 Å². The standard InChI is InChI=1S/C7H9NO4S2/c1-4(6(9)10)5-3-13-7(8-5)14(2,11)12/h3-4H,1-2H3,(H,9,10). The van der Waals surface area contributed by atoms with Gasteiger partial charge in [-0.2, -0.15) is 0 Å². The van der Waals surface area contributed by atoms with Gasteiger partial charge in [0.2, 0.25) is 14.2 Å². The van der Waals surface area contributed by atoms with Gasteiger partial charge in [0.1, 0.15) is 0 Å².